The third-order valence-corrected chi connectivity index (χ3v) is 3.88. The van der Waals surface area contributed by atoms with Gasteiger partial charge in [-0.15, -0.1) is 0 Å². The SMILES string of the molecule is CC(C)CCc1cc[c]cc1CN1CCCCC1. The normalized spacial score (nSPS) is 17.3. The Bertz CT molecular complexity index is 350. The average molecular weight is 244 g/mol. The molecule has 99 valence electrons. The predicted molar refractivity (Wildman–Crippen MR) is 77.6 cm³/mol. The molecule has 1 saturated heterocycles. The van der Waals surface area contributed by atoms with Crippen molar-refractivity contribution in [2.75, 3.05) is 13.1 Å². The van der Waals surface area contributed by atoms with Gasteiger partial charge in [-0.25, -0.2) is 0 Å². The summed E-state index contributed by atoms with van der Waals surface area (Å²) < 4.78 is 0. The lowest BCUT2D eigenvalue weighted by Gasteiger charge is -2.27. The lowest BCUT2D eigenvalue weighted by Crippen LogP contribution is -2.29. The molecule has 1 heterocycles. The van der Waals surface area contributed by atoms with Crippen LogP contribution in [0.2, 0.25) is 0 Å². The molecule has 0 amide bonds. The highest BCUT2D eigenvalue weighted by Gasteiger charge is 2.12. The Morgan fingerprint density at radius 1 is 1.17 bits per heavy atom. The summed E-state index contributed by atoms with van der Waals surface area (Å²) in [7, 11) is 0. The Morgan fingerprint density at radius 3 is 2.67 bits per heavy atom. The van der Waals surface area contributed by atoms with Crippen molar-refractivity contribution in [1.29, 1.82) is 0 Å². The Morgan fingerprint density at radius 2 is 1.94 bits per heavy atom. The van der Waals surface area contributed by atoms with E-state index in [4.69, 9.17) is 0 Å². The molecule has 1 fully saturated rings. The molecule has 0 aromatic heterocycles. The highest BCUT2D eigenvalue weighted by molar-refractivity contribution is 5.26. The molecule has 0 spiro atoms. The summed E-state index contributed by atoms with van der Waals surface area (Å²) in [6.45, 7) is 8.29. The van der Waals surface area contributed by atoms with Crippen molar-refractivity contribution in [1.82, 2.24) is 4.90 Å². The minimum absolute atomic E-state index is 0.789. The topological polar surface area (TPSA) is 3.24 Å². The van der Waals surface area contributed by atoms with Crippen molar-refractivity contribution in [2.24, 2.45) is 5.92 Å². The lowest BCUT2D eigenvalue weighted by atomic mass is 9.98. The minimum Gasteiger partial charge on any atom is -0.299 e. The van der Waals surface area contributed by atoms with Gasteiger partial charge in [0.1, 0.15) is 0 Å². The zero-order valence-electron chi connectivity index (χ0n) is 11.9. The number of aryl methyl sites for hydroxylation is 1. The van der Waals surface area contributed by atoms with Crippen LogP contribution in [-0.2, 0) is 13.0 Å². The van der Waals surface area contributed by atoms with E-state index < -0.39 is 0 Å². The third kappa shape index (κ3) is 4.13. The fraction of sp³-hybridized carbons (Fsp3) is 0.647. The second-order valence-electron chi connectivity index (χ2n) is 5.96. The molecule has 1 nitrogen and oxygen atoms in total. The van der Waals surface area contributed by atoms with E-state index in [1.807, 2.05) is 0 Å². The molecule has 1 radical (unpaired) electrons. The van der Waals surface area contributed by atoms with Crippen LogP contribution in [0.4, 0.5) is 0 Å². The molecule has 1 aromatic carbocycles. The Labute approximate surface area is 112 Å². The van der Waals surface area contributed by atoms with Crippen molar-refractivity contribution in [3.05, 3.63) is 35.4 Å². The van der Waals surface area contributed by atoms with Crippen LogP contribution in [0.1, 0.15) is 50.7 Å². The van der Waals surface area contributed by atoms with Crippen LogP contribution < -0.4 is 0 Å². The van der Waals surface area contributed by atoms with Crippen LogP contribution in [0.3, 0.4) is 0 Å². The number of nitrogens with zero attached hydrogens (tertiary/aromatic N) is 1. The highest BCUT2D eigenvalue weighted by atomic mass is 15.1. The Kier molecular flexibility index (Phi) is 5.25. The number of rotatable bonds is 5. The number of hydrogen-bond acceptors (Lipinski definition) is 1. The molecule has 18 heavy (non-hydrogen) atoms. The zero-order chi connectivity index (χ0) is 12.8. The van der Waals surface area contributed by atoms with Crippen LogP contribution in [0.25, 0.3) is 0 Å². The molecular formula is C17H26N. The van der Waals surface area contributed by atoms with E-state index in [0.29, 0.717) is 0 Å². The van der Waals surface area contributed by atoms with E-state index in [1.54, 1.807) is 0 Å². The maximum Gasteiger partial charge on any atom is 0.0236 e. The van der Waals surface area contributed by atoms with Crippen molar-refractivity contribution >= 4 is 0 Å². The smallest absolute Gasteiger partial charge is 0.0236 e. The number of likely N-dealkylation sites (tertiary alicyclic amines) is 1. The predicted octanol–water partition coefficient (Wildman–Crippen LogP) is 4.06. The fourth-order valence-electron chi connectivity index (χ4n) is 2.69. The van der Waals surface area contributed by atoms with Gasteiger partial charge in [0, 0.05) is 6.54 Å². The van der Waals surface area contributed by atoms with Gasteiger partial charge in [0.2, 0.25) is 0 Å². The van der Waals surface area contributed by atoms with Crippen molar-refractivity contribution in [3.8, 4) is 0 Å². The molecule has 0 saturated carbocycles. The standard InChI is InChI=1S/C17H26N/c1-15(2)10-11-16-8-4-5-9-17(16)14-18-12-6-3-7-13-18/h4,8-9,15H,3,6-7,10-14H2,1-2H3. The summed E-state index contributed by atoms with van der Waals surface area (Å²) in [5, 5.41) is 0. The molecule has 2 rings (SSSR count). The lowest BCUT2D eigenvalue weighted by molar-refractivity contribution is 0.220. The second-order valence-corrected chi connectivity index (χ2v) is 5.96. The maximum atomic E-state index is 3.25. The van der Waals surface area contributed by atoms with Crippen LogP contribution in [0.15, 0.2) is 18.2 Å². The molecule has 1 heteroatoms. The van der Waals surface area contributed by atoms with Crippen molar-refractivity contribution in [2.45, 2.75) is 52.5 Å². The van der Waals surface area contributed by atoms with Crippen LogP contribution in [0.5, 0.6) is 0 Å². The van der Waals surface area contributed by atoms with Gasteiger partial charge >= 0.3 is 0 Å². The molecule has 1 aromatic rings. The van der Waals surface area contributed by atoms with E-state index >= 15 is 0 Å². The van der Waals surface area contributed by atoms with E-state index in [0.717, 1.165) is 12.5 Å². The fourth-order valence-corrected chi connectivity index (χ4v) is 2.69. The second kappa shape index (κ2) is 6.94. The first-order valence-corrected chi connectivity index (χ1v) is 7.46. The van der Waals surface area contributed by atoms with Crippen LogP contribution >= 0.6 is 0 Å². The number of benzene rings is 1. The van der Waals surface area contributed by atoms with Gasteiger partial charge in [0.15, 0.2) is 0 Å². The van der Waals surface area contributed by atoms with E-state index in [2.05, 4.69) is 43.0 Å². The summed E-state index contributed by atoms with van der Waals surface area (Å²) in [4.78, 5) is 2.60. The molecule has 0 atom stereocenters. The first-order valence-electron chi connectivity index (χ1n) is 7.46. The van der Waals surface area contributed by atoms with Gasteiger partial charge in [-0.05, 0) is 68.0 Å². The minimum atomic E-state index is 0.789. The molecule has 0 bridgehead atoms. The Hall–Kier alpha value is -0.820. The first kappa shape index (κ1) is 13.6. The Balaban J connectivity index is 1.97. The summed E-state index contributed by atoms with van der Waals surface area (Å²) in [6.07, 6.45) is 6.67. The van der Waals surface area contributed by atoms with Gasteiger partial charge in [0.05, 0.1) is 0 Å². The molecular weight excluding hydrogens is 218 g/mol. The molecule has 0 unspecified atom stereocenters. The summed E-state index contributed by atoms with van der Waals surface area (Å²) in [6, 6.07) is 9.78. The van der Waals surface area contributed by atoms with E-state index in [1.165, 1.54) is 56.3 Å². The van der Waals surface area contributed by atoms with Crippen molar-refractivity contribution in [3.63, 3.8) is 0 Å². The number of hydrogen-bond donors (Lipinski definition) is 0. The number of piperidine rings is 1. The zero-order valence-corrected chi connectivity index (χ0v) is 11.9. The van der Waals surface area contributed by atoms with E-state index in [9.17, 15) is 0 Å². The quantitative estimate of drug-likeness (QED) is 0.755. The molecule has 1 aliphatic rings. The highest BCUT2D eigenvalue weighted by Crippen LogP contribution is 2.18. The van der Waals surface area contributed by atoms with Gasteiger partial charge < -0.3 is 0 Å². The molecule has 0 N–H and O–H groups in total. The molecule has 1 aliphatic heterocycles. The first-order chi connectivity index (χ1) is 8.75. The largest absolute Gasteiger partial charge is 0.299 e. The van der Waals surface area contributed by atoms with Gasteiger partial charge in [-0.2, -0.15) is 0 Å². The van der Waals surface area contributed by atoms with E-state index in [-0.39, 0.29) is 0 Å². The summed E-state index contributed by atoms with van der Waals surface area (Å²) in [5.74, 6) is 0.789. The van der Waals surface area contributed by atoms with Gasteiger partial charge in [-0.3, -0.25) is 4.90 Å². The third-order valence-electron chi connectivity index (χ3n) is 3.88. The van der Waals surface area contributed by atoms with Gasteiger partial charge in [0.25, 0.3) is 0 Å². The van der Waals surface area contributed by atoms with Crippen molar-refractivity contribution < 1.29 is 0 Å². The average Bonchev–Trinajstić information content (AvgIpc) is 2.39. The maximum absolute atomic E-state index is 3.25. The summed E-state index contributed by atoms with van der Waals surface area (Å²) >= 11 is 0. The monoisotopic (exact) mass is 244 g/mol. The van der Waals surface area contributed by atoms with Gasteiger partial charge in [-0.1, -0.05) is 32.4 Å². The van der Waals surface area contributed by atoms with Crippen LogP contribution in [-0.4, -0.2) is 18.0 Å². The molecule has 0 aliphatic carbocycles. The summed E-state index contributed by atoms with van der Waals surface area (Å²) in [5.41, 5.74) is 3.04. The van der Waals surface area contributed by atoms with Crippen LogP contribution in [0, 0.1) is 12.0 Å².